The third-order valence-electron chi connectivity index (χ3n) is 6.24. The van der Waals surface area contributed by atoms with Crippen LogP contribution in [0.15, 0.2) is 48.2 Å². The number of aromatic nitrogens is 1. The van der Waals surface area contributed by atoms with Crippen molar-refractivity contribution in [1.82, 2.24) is 20.9 Å². The summed E-state index contributed by atoms with van der Waals surface area (Å²) in [4.78, 5) is 29.6. The molecule has 0 radical (unpaired) electrons. The summed E-state index contributed by atoms with van der Waals surface area (Å²) in [5.74, 6) is -0.638. The van der Waals surface area contributed by atoms with Gasteiger partial charge in [-0.25, -0.2) is 4.79 Å². The fourth-order valence-corrected chi connectivity index (χ4v) is 4.22. The number of halogens is 6. The molecule has 14 heteroatoms. The second-order valence-corrected chi connectivity index (χ2v) is 9.65. The first kappa shape index (κ1) is 31.6. The van der Waals surface area contributed by atoms with Crippen molar-refractivity contribution in [3.63, 3.8) is 0 Å². The van der Waals surface area contributed by atoms with Crippen molar-refractivity contribution < 1.29 is 45.4 Å². The molecule has 1 aromatic heterocycles. The van der Waals surface area contributed by atoms with E-state index < -0.39 is 42.7 Å². The zero-order valence-electron chi connectivity index (χ0n) is 22.5. The number of alkyl halides is 6. The predicted octanol–water partition coefficient (Wildman–Crippen LogP) is 5.25. The van der Waals surface area contributed by atoms with Gasteiger partial charge in [-0.05, 0) is 55.7 Å². The van der Waals surface area contributed by atoms with E-state index in [1.54, 1.807) is 13.8 Å². The molecule has 1 aliphatic heterocycles. The molecular weight excluding hydrogens is 558 g/mol. The van der Waals surface area contributed by atoms with Crippen LogP contribution in [0, 0.1) is 0 Å². The molecule has 1 aliphatic rings. The highest BCUT2D eigenvalue weighted by molar-refractivity contribution is 6.04. The van der Waals surface area contributed by atoms with Crippen molar-refractivity contribution in [3.8, 4) is 11.5 Å². The number of hydrogen-bond acceptors (Lipinski definition) is 5. The first-order chi connectivity index (χ1) is 19.1. The van der Waals surface area contributed by atoms with Gasteiger partial charge in [0.25, 0.3) is 0 Å². The summed E-state index contributed by atoms with van der Waals surface area (Å²) < 4.78 is 91.8. The van der Waals surface area contributed by atoms with Gasteiger partial charge in [-0.1, -0.05) is 12.1 Å². The zero-order chi connectivity index (χ0) is 30.4. The summed E-state index contributed by atoms with van der Waals surface area (Å²) >= 11 is 0. The summed E-state index contributed by atoms with van der Waals surface area (Å²) in [5, 5.41) is 7.17. The molecule has 0 unspecified atom stereocenters. The third-order valence-corrected chi connectivity index (χ3v) is 6.24. The maximum atomic E-state index is 14.8. The number of nitrogens with one attached hydrogen (secondary N) is 3. The molecule has 0 fully saturated rings. The Bertz CT molecular complexity index is 1240. The minimum Gasteiger partial charge on any atom is -0.495 e. The SMILES string of the molecule is COc1ccc(C2=C(CNC(=O)NC(C)C)C(=O)N[C@@](c3ccc(OCCCC(F)(F)F)cc3)(C(F)(F)F)C2)nc1. The van der Waals surface area contributed by atoms with Crippen molar-refractivity contribution >= 4 is 17.5 Å². The standard InChI is InChI=1S/C27H30F6N4O4/c1-16(2)36-24(39)35-15-21-20(22-10-9-19(40-3)14-34-22)13-25(27(31,32)33,37-23(21)38)17-5-7-18(8-6-17)41-12-4-11-26(28,29)30/h5-10,14,16H,4,11-13,15H2,1-3H3,(H,37,38)(H2,35,36,39)/t25-/m0/s1. The lowest BCUT2D eigenvalue weighted by molar-refractivity contribution is -0.201. The largest absolute Gasteiger partial charge is 0.495 e. The summed E-state index contributed by atoms with van der Waals surface area (Å²) in [5.41, 5.74) is -3.26. The zero-order valence-corrected chi connectivity index (χ0v) is 22.5. The highest BCUT2D eigenvalue weighted by Crippen LogP contribution is 2.48. The van der Waals surface area contributed by atoms with E-state index in [0.29, 0.717) is 5.75 Å². The van der Waals surface area contributed by atoms with Crippen LogP contribution in [0.1, 0.15) is 44.4 Å². The molecule has 8 nitrogen and oxygen atoms in total. The molecule has 0 spiro atoms. The number of ether oxygens (including phenoxy) is 2. The number of methoxy groups -OCH3 is 1. The topological polar surface area (TPSA) is 102 Å². The number of hydrogen-bond donors (Lipinski definition) is 3. The summed E-state index contributed by atoms with van der Waals surface area (Å²) in [7, 11) is 1.39. The Morgan fingerprint density at radius 3 is 2.27 bits per heavy atom. The van der Waals surface area contributed by atoms with Gasteiger partial charge in [0.05, 0.1) is 32.2 Å². The smallest absolute Gasteiger partial charge is 0.416 e. The average Bonchev–Trinajstić information content (AvgIpc) is 2.89. The quantitative estimate of drug-likeness (QED) is 0.260. The fourth-order valence-electron chi connectivity index (χ4n) is 4.22. The van der Waals surface area contributed by atoms with E-state index in [1.165, 1.54) is 37.6 Å². The van der Waals surface area contributed by atoms with E-state index in [2.05, 4.69) is 20.9 Å². The van der Waals surface area contributed by atoms with E-state index in [-0.39, 0.29) is 53.8 Å². The Hall–Kier alpha value is -3.97. The lowest BCUT2D eigenvalue weighted by Gasteiger charge is -2.41. The molecule has 2 heterocycles. The van der Waals surface area contributed by atoms with Gasteiger partial charge < -0.3 is 25.4 Å². The Morgan fingerprint density at radius 2 is 1.73 bits per heavy atom. The van der Waals surface area contributed by atoms with Crippen molar-refractivity contribution in [2.45, 2.75) is 57.0 Å². The molecule has 3 N–H and O–H groups in total. The first-order valence-electron chi connectivity index (χ1n) is 12.6. The number of carbonyl (C=O) groups is 2. The summed E-state index contributed by atoms with van der Waals surface area (Å²) in [6.07, 6.45) is -10.2. The number of nitrogens with zero attached hydrogens (tertiary/aromatic N) is 1. The summed E-state index contributed by atoms with van der Waals surface area (Å²) in [6, 6.07) is 6.67. The minimum atomic E-state index is -4.98. The second-order valence-electron chi connectivity index (χ2n) is 9.65. The van der Waals surface area contributed by atoms with Crippen molar-refractivity contribution in [2.24, 2.45) is 0 Å². The molecule has 41 heavy (non-hydrogen) atoms. The molecule has 0 bridgehead atoms. The Kier molecular flexibility index (Phi) is 9.77. The predicted molar refractivity (Wildman–Crippen MR) is 137 cm³/mol. The molecule has 3 rings (SSSR count). The minimum absolute atomic E-state index is 0.0361. The number of benzene rings is 1. The number of urea groups is 1. The van der Waals surface area contributed by atoms with Crippen LogP contribution >= 0.6 is 0 Å². The molecule has 224 valence electrons. The van der Waals surface area contributed by atoms with Gasteiger partial charge in [-0.2, -0.15) is 26.3 Å². The van der Waals surface area contributed by atoms with E-state index in [1.807, 2.05) is 0 Å². The van der Waals surface area contributed by atoms with Gasteiger partial charge in [0, 0.05) is 24.5 Å². The molecule has 1 aromatic carbocycles. The average molecular weight is 589 g/mol. The molecule has 3 amide bonds. The Morgan fingerprint density at radius 1 is 1.07 bits per heavy atom. The van der Waals surface area contributed by atoms with Crippen LogP contribution in [-0.2, 0) is 10.3 Å². The maximum Gasteiger partial charge on any atom is 0.416 e. The van der Waals surface area contributed by atoms with Crippen LogP contribution in [0.4, 0.5) is 31.1 Å². The van der Waals surface area contributed by atoms with Gasteiger partial charge >= 0.3 is 18.4 Å². The lowest BCUT2D eigenvalue weighted by atomic mass is 9.77. The lowest BCUT2D eigenvalue weighted by Crippen LogP contribution is -2.59. The molecule has 1 atom stereocenters. The van der Waals surface area contributed by atoms with E-state index in [4.69, 9.17) is 9.47 Å². The van der Waals surface area contributed by atoms with Crippen LogP contribution in [-0.4, -0.2) is 55.6 Å². The van der Waals surface area contributed by atoms with Gasteiger partial charge in [-0.15, -0.1) is 0 Å². The van der Waals surface area contributed by atoms with E-state index >= 15 is 0 Å². The highest BCUT2D eigenvalue weighted by Gasteiger charge is 2.59. The fraction of sp³-hybridized carbons (Fsp3) is 0.444. The first-order valence-corrected chi connectivity index (χ1v) is 12.6. The molecule has 0 aliphatic carbocycles. The van der Waals surface area contributed by atoms with Crippen LogP contribution in [0.5, 0.6) is 11.5 Å². The molecule has 2 aromatic rings. The van der Waals surface area contributed by atoms with Crippen LogP contribution in [0.2, 0.25) is 0 Å². The van der Waals surface area contributed by atoms with Gasteiger partial charge in [-0.3, -0.25) is 9.78 Å². The monoisotopic (exact) mass is 588 g/mol. The van der Waals surface area contributed by atoms with E-state index in [0.717, 1.165) is 12.1 Å². The van der Waals surface area contributed by atoms with Crippen molar-refractivity contribution in [2.75, 3.05) is 20.3 Å². The number of amides is 3. The normalized spacial score (nSPS) is 17.8. The summed E-state index contributed by atoms with van der Waals surface area (Å²) in [6.45, 7) is 2.79. The Labute approximate surface area is 232 Å². The van der Waals surface area contributed by atoms with Crippen LogP contribution < -0.4 is 25.4 Å². The van der Waals surface area contributed by atoms with Gasteiger partial charge in [0.2, 0.25) is 5.91 Å². The third kappa shape index (κ3) is 8.04. The van der Waals surface area contributed by atoms with Crippen molar-refractivity contribution in [3.05, 3.63) is 59.4 Å². The number of carbonyl (C=O) groups excluding carboxylic acids is 2. The Balaban J connectivity index is 1.97. The highest BCUT2D eigenvalue weighted by atomic mass is 19.4. The number of pyridine rings is 1. The maximum absolute atomic E-state index is 14.8. The van der Waals surface area contributed by atoms with E-state index in [9.17, 15) is 35.9 Å². The molecular formula is C27H30F6N4O4. The van der Waals surface area contributed by atoms with Gasteiger partial charge in [0.15, 0.2) is 5.54 Å². The van der Waals surface area contributed by atoms with Crippen LogP contribution in [0.25, 0.3) is 5.57 Å². The molecule has 0 saturated heterocycles. The van der Waals surface area contributed by atoms with Gasteiger partial charge in [0.1, 0.15) is 11.5 Å². The second kappa shape index (κ2) is 12.7. The van der Waals surface area contributed by atoms with Crippen molar-refractivity contribution in [1.29, 1.82) is 0 Å². The number of rotatable bonds is 10. The molecule has 0 saturated carbocycles. The van der Waals surface area contributed by atoms with Crippen LogP contribution in [0.3, 0.4) is 0 Å².